The Kier molecular flexibility index (Phi) is 5.36. The maximum atomic E-state index is 12.8. The zero-order valence-corrected chi connectivity index (χ0v) is 18.1. The van der Waals surface area contributed by atoms with Crippen LogP contribution >= 0.6 is 0 Å². The summed E-state index contributed by atoms with van der Waals surface area (Å²) in [5, 5.41) is 3.25. The molecule has 0 unspecified atom stereocenters. The lowest BCUT2D eigenvalue weighted by molar-refractivity contribution is -0.127. The number of nitrogens with zero attached hydrogens (tertiary/aromatic N) is 2. The molecule has 4 aliphatic carbocycles. The van der Waals surface area contributed by atoms with E-state index in [0.717, 1.165) is 19.3 Å². The van der Waals surface area contributed by atoms with Gasteiger partial charge in [-0.1, -0.05) is 13.8 Å². The van der Waals surface area contributed by atoms with Gasteiger partial charge in [-0.2, -0.15) is 4.31 Å². The molecule has 4 saturated carbocycles. The van der Waals surface area contributed by atoms with Crippen LogP contribution in [0.4, 0.5) is 0 Å². The van der Waals surface area contributed by atoms with Gasteiger partial charge in [-0.15, -0.1) is 0 Å². The minimum Gasteiger partial charge on any atom is -0.349 e. The molecule has 1 amide bonds. The largest absolute Gasteiger partial charge is 0.349 e. The lowest BCUT2D eigenvalue weighted by Gasteiger charge is -2.56. The Hall–Kier alpha value is -1.67. The van der Waals surface area contributed by atoms with Crippen molar-refractivity contribution in [2.24, 2.45) is 17.8 Å². The highest BCUT2D eigenvalue weighted by Gasteiger charge is 2.51. The van der Waals surface area contributed by atoms with Crippen LogP contribution in [0, 0.1) is 17.8 Å². The van der Waals surface area contributed by atoms with Gasteiger partial charge in [-0.3, -0.25) is 9.59 Å². The molecule has 0 spiro atoms. The Morgan fingerprint density at radius 2 is 1.66 bits per heavy atom. The third-order valence-corrected chi connectivity index (χ3v) is 9.09. The number of aromatic nitrogens is 1. The van der Waals surface area contributed by atoms with Crippen molar-refractivity contribution in [2.75, 3.05) is 13.1 Å². The van der Waals surface area contributed by atoms with Crippen LogP contribution < -0.4 is 10.9 Å². The fourth-order valence-corrected chi connectivity index (χ4v) is 7.73. The molecular formula is C21H31N3O4S. The summed E-state index contributed by atoms with van der Waals surface area (Å²) in [5.41, 5.74) is -0.496. The Balaban J connectivity index is 1.51. The van der Waals surface area contributed by atoms with Gasteiger partial charge in [0, 0.05) is 30.9 Å². The lowest BCUT2D eigenvalue weighted by Crippen LogP contribution is -2.60. The number of hydrogen-bond acceptors (Lipinski definition) is 4. The highest BCUT2D eigenvalue weighted by atomic mass is 32.2. The van der Waals surface area contributed by atoms with E-state index in [2.05, 4.69) is 5.32 Å². The van der Waals surface area contributed by atoms with E-state index in [1.807, 2.05) is 0 Å². The molecular weight excluding hydrogens is 390 g/mol. The van der Waals surface area contributed by atoms with Gasteiger partial charge < -0.3 is 9.88 Å². The molecule has 4 aliphatic rings. The van der Waals surface area contributed by atoms with Gasteiger partial charge >= 0.3 is 0 Å². The SMILES string of the molecule is CCN(CC)S(=O)(=O)c1ccc(=O)n(CC(=O)NC23CC4CC(CC(C4)C2)C3)c1. The van der Waals surface area contributed by atoms with Gasteiger partial charge in [0.1, 0.15) is 6.54 Å². The Morgan fingerprint density at radius 1 is 1.10 bits per heavy atom. The van der Waals surface area contributed by atoms with Crippen LogP contribution in [0.1, 0.15) is 52.4 Å². The molecule has 0 aliphatic heterocycles. The zero-order chi connectivity index (χ0) is 20.8. The fraction of sp³-hybridized carbons (Fsp3) is 0.714. The normalized spacial score (nSPS) is 30.7. The molecule has 0 saturated heterocycles. The Morgan fingerprint density at radius 3 is 2.17 bits per heavy atom. The molecule has 5 rings (SSSR count). The quantitative estimate of drug-likeness (QED) is 0.729. The summed E-state index contributed by atoms with van der Waals surface area (Å²) in [7, 11) is -3.68. The highest BCUT2D eigenvalue weighted by molar-refractivity contribution is 7.89. The van der Waals surface area contributed by atoms with E-state index in [4.69, 9.17) is 0 Å². The van der Waals surface area contributed by atoms with Gasteiger partial charge in [0.2, 0.25) is 15.9 Å². The standard InChI is InChI=1S/C21H31N3O4S/c1-3-24(4-2)29(27,28)18-5-6-20(26)23(13-18)14-19(25)22-21-10-15-7-16(11-21)9-17(8-15)12-21/h5-6,13,15-17H,3-4,7-12,14H2,1-2H3,(H,22,25). The summed E-state index contributed by atoms with van der Waals surface area (Å²) in [6.45, 7) is 4.10. The van der Waals surface area contributed by atoms with Crippen molar-refractivity contribution in [2.45, 2.75) is 69.4 Å². The molecule has 0 atom stereocenters. The van der Waals surface area contributed by atoms with Crippen LogP contribution in [-0.2, 0) is 21.4 Å². The second-order valence-corrected chi connectivity index (χ2v) is 11.1. The van der Waals surface area contributed by atoms with Crippen LogP contribution in [0.15, 0.2) is 28.0 Å². The number of sulfonamides is 1. The summed E-state index contributed by atoms with van der Waals surface area (Å²) in [6, 6.07) is 2.55. The molecule has 1 heterocycles. The van der Waals surface area contributed by atoms with E-state index in [1.54, 1.807) is 13.8 Å². The average Bonchev–Trinajstić information content (AvgIpc) is 2.62. The van der Waals surface area contributed by atoms with Crippen molar-refractivity contribution in [1.82, 2.24) is 14.2 Å². The van der Waals surface area contributed by atoms with Crippen LogP contribution in [0.2, 0.25) is 0 Å². The molecule has 4 fully saturated rings. The first-order valence-corrected chi connectivity index (χ1v) is 12.2. The number of rotatable bonds is 7. The maximum absolute atomic E-state index is 12.8. The first-order chi connectivity index (χ1) is 13.7. The van der Waals surface area contributed by atoms with E-state index in [-0.39, 0.29) is 28.4 Å². The van der Waals surface area contributed by atoms with Crippen LogP contribution in [0.25, 0.3) is 0 Å². The summed E-state index contributed by atoms with van der Waals surface area (Å²) < 4.78 is 28.1. The van der Waals surface area contributed by atoms with Gasteiger partial charge in [0.05, 0.1) is 4.90 Å². The number of carbonyl (C=O) groups excluding carboxylic acids is 1. The molecule has 160 valence electrons. The topological polar surface area (TPSA) is 88.5 Å². The first-order valence-electron chi connectivity index (χ1n) is 10.8. The molecule has 1 N–H and O–H groups in total. The van der Waals surface area contributed by atoms with Crippen molar-refractivity contribution in [3.05, 3.63) is 28.7 Å². The molecule has 7 nitrogen and oxygen atoms in total. The highest BCUT2D eigenvalue weighted by Crippen LogP contribution is 2.55. The molecule has 1 aromatic heterocycles. The molecule has 0 aromatic carbocycles. The van der Waals surface area contributed by atoms with Crippen molar-refractivity contribution in [3.63, 3.8) is 0 Å². The summed E-state index contributed by atoms with van der Waals surface area (Å²) in [5.74, 6) is 1.94. The predicted octanol–water partition coefficient (Wildman–Crippen LogP) is 1.96. The number of pyridine rings is 1. The predicted molar refractivity (Wildman–Crippen MR) is 110 cm³/mol. The van der Waals surface area contributed by atoms with E-state index in [9.17, 15) is 18.0 Å². The maximum Gasteiger partial charge on any atom is 0.251 e. The van der Waals surface area contributed by atoms with E-state index >= 15 is 0 Å². The van der Waals surface area contributed by atoms with E-state index in [1.165, 1.54) is 46.5 Å². The molecule has 29 heavy (non-hydrogen) atoms. The van der Waals surface area contributed by atoms with E-state index < -0.39 is 10.0 Å². The molecule has 8 heteroatoms. The summed E-state index contributed by atoms with van der Waals surface area (Å²) >= 11 is 0. The molecule has 4 bridgehead atoms. The summed E-state index contributed by atoms with van der Waals surface area (Å²) in [6.07, 6.45) is 8.29. The second-order valence-electron chi connectivity index (χ2n) is 9.17. The number of carbonyl (C=O) groups is 1. The van der Waals surface area contributed by atoms with Crippen molar-refractivity contribution < 1.29 is 13.2 Å². The number of hydrogen-bond donors (Lipinski definition) is 1. The third kappa shape index (κ3) is 3.89. The first kappa shape index (κ1) is 20.6. The van der Waals surface area contributed by atoms with Crippen LogP contribution in [0.3, 0.4) is 0 Å². The second kappa shape index (κ2) is 7.54. The van der Waals surface area contributed by atoms with Gasteiger partial charge in [0.15, 0.2) is 0 Å². The fourth-order valence-electron chi connectivity index (χ4n) is 6.25. The lowest BCUT2D eigenvalue weighted by atomic mass is 9.53. The van der Waals surface area contributed by atoms with Gasteiger partial charge in [-0.05, 0) is 62.3 Å². The van der Waals surface area contributed by atoms with Crippen molar-refractivity contribution >= 4 is 15.9 Å². The van der Waals surface area contributed by atoms with Crippen LogP contribution in [-0.4, -0.2) is 41.8 Å². The van der Waals surface area contributed by atoms with Gasteiger partial charge in [-0.25, -0.2) is 8.42 Å². The zero-order valence-electron chi connectivity index (χ0n) is 17.3. The van der Waals surface area contributed by atoms with Crippen molar-refractivity contribution in [3.8, 4) is 0 Å². The third-order valence-electron chi connectivity index (χ3n) is 7.06. The minimum atomic E-state index is -3.68. The smallest absolute Gasteiger partial charge is 0.251 e. The van der Waals surface area contributed by atoms with Crippen LogP contribution in [0.5, 0.6) is 0 Å². The Labute approximate surface area is 172 Å². The van der Waals surface area contributed by atoms with Gasteiger partial charge in [0.25, 0.3) is 5.56 Å². The van der Waals surface area contributed by atoms with Crippen molar-refractivity contribution in [1.29, 1.82) is 0 Å². The molecule has 1 aromatic rings. The minimum absolute atomic E-state index is 0.0448. The number of nitrogens with one attached hydrogen (secondary N) is 1. The summed E-state index contributed by atoms with van der Waals surface area (Å²) in [4.78, 5) is 25.2. The monoisotopic (exact) mass is 421 g/mol. The molecule has 0 radical (unpaired) electrons. The average molecular weight is 422 g/mol. The Bertz CT molecular complexity index is 914. The van der Waals surface area contributed by atoms with E-state index in [0.29, 0.717) is 30.8 Å². The number of amides is 1.